The summed E-state index contributed by atoms with van der Waals surface area (Å²) in [5.41, 5.74) is 2.02. The van der Waals surface area contributed by atoms with Crippen LogP contribution in [-0.4, -0.2) is 35.9 Å². The third-order valence-corrected chi connectivity index (χ3v) is 6.49. The maximum atomic E-state index is 12.8. The molecule has 2 aromatic rings. The molecule has 1 aromatic carbocycles. The van der Waals surface area contributed by atoms with Gasteiger partial charge >= 0.3 is 5.97 Å². The van der Waals surface area contributed by atoms with Crippen molar-refractivity contribution in [3.8, 4) is 0 Å². The second kappa shape index (κ2) is 8.42. The van der Waals surface area contributed by atoms with Crippen LogP contribution in [0.5, 0.6) is 0 Å². The van der Waals surface area contributed by atoms with Gasteiger partial charge in [0.1, 0.15) is 5.01 Å². The molecule has 0 bridgehead atoms. The monoisotopic (exact) mass is 413 g/mol. The van der Waals surface area contributed by atoms with Crippen LogP contribution >= 0.6 is 11.3 Å². The number of ether oxygens (including phenoxy) is 1. The molecule has 1 saturated heterocycles. The fourth-order valence-electron chi connectivity index (χ4n) is 3.80. The maximum absolute atomic E-state index is 12.8. The van der Waals surface area contributed by atoms with Crippen molar-refractivity contribution in [2.24, 2.45) is 0 Å². The molecule has 2 heterocycles. The number of aryl methyl sites for hydroxylation is 2. The number of anilines is 1. The van der Waals surface area contributed by atoms with Crippen molar-refractivity contribution in [1.82, 2.24) is 10.3 Å². The van der Waals surface area contributed by atoms with E-state index in [0.29, 0.717) is 17.8 Å². The highest BCUT2D eigenvalue weighted by Crippen LogP contribution is 2.27. The van der Waals surface area contributed by atoms with Gasteiger partial charge in [0.05, 0.1) is 36.5 Å². The van der Waals surface area contributed by atoms with Gasteiger partial charge in [-0.15, -0.1) is 11.3 Å². The third-order valence-electron chi connectivity index (χ3n) is 5.33. The van der Waals surface area contributed by atoms with E-state index in [2.05, 4.69) is 10.1 Å². The van der Waals surface area contributed by atoms with E-state index >= 15 is 0 Å². The molecule has 1 N–H and O–H groups in total. The summed E-state index contributed by atoms with van der Waals surface area (Å²) in [6.45, 7) is 0.483. The summed E-state index contributed by atoms with van der Waals surface area (Å²) >= 11 is 1.71. The minimum absolute atomic E-state index is 0.114. The topological polar surface area (TPSA) is 88.6 Å². The Kier molecular flexibility index (Phi) is 5.73. The van der Waals surface area contributed by atoms with Gasteiger partial charge in [-0.3, -0.25) is 14.9 Å². The van der Waals surface area contributed by atoms with E-state index in [4.69, 9.17) is 4.98 Å². The zero-order valence-electron chi connectivity index (χ0n) is 16.3. The van der Waals surface area contributed by atoms with E-state index in [1.807, 2.05) is 0 Å². The zero-order valence-corrected chi connectivity index (χ0v) is 17.1. The maximum Gasteiger partial charge on any atom is 0.337 e. The Morgan fingerprint density at radius 3 is 2.72 bits per heavy atom. The highest BCUT2D eigenvalue weighted by Gasteiger charge is 2.39. The summed E-state index contributed by atoms with van der Waals surface area (Å²) in [4.78, 5) is 44.0. The lowest BCUT2D eigenvalue weighted by Gasteiger charge is -2.15. The van der Waals surface area contributed by atoms with Crippen LogP contribution in [0.3, 0.4) is 0 Å². The Labute approximate surface area is 173 Å². The van der Waals surface area contributed by atoms with E-state index in [0.717, 1.165) is 17.8 Å². The van der Waals surface area contributed by atoms with Gasteiger partial charge < -0.3 is 4.74 Å². The molecule has 1 aliphatic heterocycles. The highest BCUT2D eigenvalue weighted by molar-refractivity contribution is 7.11. The average Bonchev–Trinajstić information content (AvgIpc) is 3.16. The molecule has 1 fully saturated rings. The molecule has 1 atom stereocenters. The number of nitrogens with zero attached hydrogens (tertiary/aromatic N) is 2. The summed E-state index contributed by atoms with van der Waals surface area (Å²) in [7, 11) is 1.31. The molecule has 0 spiro atoms. The Bertz CT molecular complexity index is 914. The lowest BCUT2D eigenvalue weighted by molar-refractivity contribution is -0.121. The number of nitrogens with one attached hydrogen (secondary N) is 1. The number of methoxy groups -OCH3 is 1. The number of aromatic nitrogens is 1. The minimum atomic E-state index is -0.563. The van der Waals surface area contributed by atoms with Crippen LogP contribution in [0.1, 0.15) is 51.6 Å². The third kappa shape index (κ3) is 4.09. The first kappa shape index (κ1) is 19.7. The van der Waals surface area contributed by atoms with Gasteiger partial charge in [-0.2, -0.15) is 0 Å². The predicted molar refractivity (Wildman–Crippen MR) is 109 cm³/mol. The SMILES string of the molecule is COC(=O)c1ccc(N2C(=O)CC(NCc3nc4c(s3)CCCCC4)C2=O)cc1. The van der Waals surface area contributed by atoms with Crippen LogP contribution in [0.25, 0.3) is 0 Å². The first-order chi connectivity index (χ1) is 14.1. The van der Waals surface area contributed by atoms with E-state index in [9.17, 15) is 14.4 Å². The van der Waals surface area contributed by atoms with Crippen LogP contribution in [0.15, 0.2) is 24.3 Å². The van der Waals surface area contributed by atoms with Crippen LogP contribution in [0.4, 0.5) is 5.69 Å². The average molecular weight is 413 g/mol. The van der Waals surface area contributed by atoms with Gasteiger partial charge in [0.15, 0.2) is 0 Å². The quantitative estimate of drug-likeness (QED) is 0.461. The number of hydrogen-bond donors (Lipinski definition) is 1. The first-order valence-electron chi connectivity index (χ1n) is 9.83. The second-order valence-electron chi connectivity index (χ2n) is 7.28. The molecule has 1 aliphatic carbocycles. The zero-order chi connectivity index (χ0) is 20.4. The Hall–Kier alpha value is -2.58. The molecule has 152 valence electrons. The van der Waals surface area contributed by atoms with Crippen molar-refractivity contribution < 1.29 is 19.1 Å². The second-order valence-corrected chi connectivity index (χ2v) is 8.45. The van der Waals surface area contributed by atoms with Crippen LogP contribution in [-0.2, 0) is 33.7 Å². The summed E-state index contributed by atoms with van der Waals surface area (Å²) in [5, 5.41) is 4.17. The van der Waals surface area contributed by atoms with Crippen molar-refractivity contribution in [3.05, 3.63) is 45.4 Å². The Morgan fingerprint density at radius 2 is 1.97 bits per heavy atom. The van der Waals surface area contributed by atoms with Gasteiger partial charge in [0.25, 0.3) is 5.91 Å². The van der Waals surface area contributed by atoms with Gasteiger partial charge in [-0.05, 0) is 49.9 Å². The van der Waals surface area contributed by atoms with E-state index < -0.39 is 12.0 Å². The van der Waals surface area contributed by atoms with Crippen molar-refractivity contribution in [3.63, 3.8) is 0 Å². The number of hydrogen-bond acceptors (Lipinski definition) is 7. The van der Waals surface area contributed by atoms with E-state index in [-0.39, 0.29) is 18.2 Å². The standard InChI is InChI=1S/C21H23N3O4S/c1-28-21(27)13-7-9-14(10-8-13)24-19(25)11-16(20(24)26)22-12-18-23-15-5-3-2-4-6-17(15)29-18/h7-10,16,22H,2-6,11-12H2,1H3. The van der Waals surface area contributed by atoms with Crippen LogP contribution in [0, 0.1) is 0 Å². The molecular formula is C21H23N3O4S. The number of benzene rings is 1. The van der Waals surface area contributed by atoms with Gasteiger partial charge in [-0.25, -0.2) is 14.7 Å². The lowest BCUT2D eigenvalue weighted by Crippen LogP contribution is -2.38. The Morgan fingerprint density at radius 1 is 1.21 bits per heavy atom. The number of carbonyl (C=O) groups excluding carboxylic acids is 3. The molecule has 1 aromatic heterocycles. The smallest absolute Gasteiger partial charge is 0.337 e. The first-order valence-corrected chi connectivity index (χ1v) is 10.6. The number of rotatable bonds is 5. The number of imide groups is 1. The predicted octanol–water partition coefficient (Wildman–Crippen LogP) is 2.62. The summed E-state index contributed by atoms with van der Waals surface area (Å²) in [6, 6.07) is 5.70. The number of esters is 1. The van der Waals surface area contributed by atoms with Crippen molar-refractivity contribution in [2.75, 3.05) is 12.0 Å². The summed E-state index contributed by atoms with van der Waals surface area (Å²) in [6.07, 6.45) is 5.88. The van der Waals surface area contributed by atoms with Crippen molar-refractivity contribution >= 4 is 34.8 Å². The number of fused-ring (bicyclic) bond motifs is 1. The molecule has 4 rings (SSSR count). The highest BCUT2D eigenvalue weighted by atomic mass is 32.1. The fourth-order valence-corrected chi connectivity index (χ4v) is 4.90. The molecule has 2 aliphatic rings. The molecule has 29 heavy (non-hydrogen) atoms. The van der Waals surface area contributed by atoms with Gasteiger partial charge in [-0.1, -0.05) is 6.42 Å². The summed E-state index contributed by atoms with van der Waals surface area (Å²) in [5.74, 6) is -0.996. The molecular weight excluding hydrogens is 390 g/mol. The van der Waals surface area contributed by atoms with E-state index in [1.54, 1.807) is 35.6 Å². The minimum Gasteiger partial charge on any atom is -0.465 e. The molecule has 0 radical (unpaired) electrons. The largest absolute Gasteiger partial charge is 0.465 e. The lowest BCUT2D eigenvalue weighted by atomic mass is 10.2. The number of amides is 2. The van der Waals surface area contributed by atoms with Crippen molar-refractivity contribution in [2.45, 2.75) is 51.1 Å². The van der Waals surface area contributed by atoms with Crippen LogP contribution in [0.2, 0.25) is 0 Å². The molecule has 0 saturated carbocycles. The fraction of sp³-hybridized carbons (Fsp3) is 0.429. The number of thiazole rings is 1. The van der Waals surface area contributed by atoms with Gasteiger partial charge in [0, 0.05) is 11.4 Å². The number of carbonyl (C=O) groups is 3. The summed E-state index contributed by atoms with van der Waals surface area (Å²) < 4.78 is 4.67. The molecule has 7 nitrogen and oxygen atoms in total. The van der Waals surface area contributed by atoms with Crippen molar-refractivity contribution in [1.29, 1.82) is 0 Å². The Balaban J connectivity index is 1.41. The molecule has 2 amide bonds. The molecule has 8 heteroatoms. The van der Waals surface area contributed by atoms with E-state index in [1.165, 1.54) is 41.8 Å². The molecule has 1 unspecified atom stereocenters. The van der Waals surface area contributed by atoms with Crippen LogP contribution < -0.4 is 10.2 Å². The normalized spacial score (nSPS) is 19.2. The van der Waals surface area contributed by atoms with Gasteiger partial charge in [0.2, 0.25) is 5.91 Å².